The van der Waals surface area contributed by atoms with Crippen molar-refractivity contribution in [2.75, 3.05) is 18.5 Å². The van der Waals surface area contributed by atoms with Crippen LogP contribution >= 0.6 is 0 Å². The van der Waals surface area contributed by atoms with Crippen molar-refractivity contribution in [2.45, 2.75) is 13.0 Å². The molecule has 4 nitrogen and oxygen atoms in total. The Hall–Kier alpha value is -1.88. The van der Waals surface area contributed by atoms with Crippen molar-refractivity contribution in [3.05, 3.63) is 47.5 Å². The van der Waals surface area contributed by atoms with Gasteiger partial charge in [-0.25, -0.2) is 4.39 Å². The fourth-order valence-electron chi connectivity index (χ4n) is 2.21. The number of hydrogen-bond donors (Lipinski definition) is 1. The number of halogens is 1. The fraction of sp³-hybridized carbons (Fsp3) is 0.357. The third-order valence-electron chi connectivity index (χ3n) is 3.08. The van der Waals surface area contributed by atoms with E-state index in [9.17, 15) is 4.39 Å². The summed E-state index contributed by atoms with van der Waals surface area (Å²) in [5.41, 5.74) is 8.21. The highest BCUT2D eigenvalue weighted by Crippen LogP contribution is 2.24. The van der Waals surface area contributed by atoms with Gasteiger partial charge in [0, 0.05) is 43.7 Å². The Bertz CT molecular complexity index is 550. The summed E-state index contributed by atoms with van der Waals surface area (Å²) in [7, 11) is 3.83. The van der Waals surface area contributed by atoms with E-state index in [1.165, 1.54) is 6.07 Å². The molecule has 0 fully saturated rings. The van der Waals surface area contributed by atoms with Gasteiger partial charge in [0.05, 0.1) is 6.20 Å². The highest BCUT2D eigenvalue weighted by Gasteiger charge is 2.12. The average molecular weight is 262 g/mol. The summed E-state index contributed by atoms with van der Waals surface area (Å²) in [5, 5.41) is 4.14. The number of benzene rings is 1. The molecule has 0 unspecified atom stereocenters. The van der Waals surface area contributed by atoms with Gasteiger partial charge in [-0.15, -0.1) is 0 Å². The van der Waals surface area contributed by atoms with Gasteiger partial charge in [0.25, 0.3) is 0 Å². The number of aryl methyl sites for hydroxylation is 1. The summed E-state index contributed by atoms with van der Waals surface area (Å²) in [6.45, 7) is 1.13. The molecule has 0 aliphatic rings. The van der Waals surface area contributed by atoms with Gasteiger partial charge < -0.3 is 10.6 Å². The lowest BCUT2D eigenvalue weighted by atomic mass is 10.1. The van der Waals surface area contributed by atoms with Gasteiger partial charge in [0.15, 0.2) is 0 Å². The number of anilines is 1. The van der Waals surface area contributed by atoms with Crippen LogP contribution in [-0.4, -0.2) is 23.4 Å². The minimum atomic E-state index is -0.194. The van der Waals surface area contributed by atoms with Crippen molar-refractivity contribution >= 4 is 5.69 Å². The first-order valence-corrected chi connectivity index (χ1v) is 6.28. The fourth-order valence-corrected chi connectivity index (χ4v) is 2.21. The van der Waals surface area contributed by atoms with E-state index >= 15 is 0 Å². The van der Waals surface area contributed by atoms with E-state index < -0.39 is 0 Å². The van der Waals surface area contributed by atoms with Gasteiger partial charge in [-0.3, -0.25) is 4.68 Å². The van der Waals surface area contributed by atoms with Crippen molar-refractivity contribution in [3.63, 3.8) is 0 Å². The molecule has 1 aromatic heterocycles. The summed E-state index contributed by atoms with van der Waals surface area (Å²) < 4.78 is 15.6. The van der Waals surface area contributed by atoms with Gasteiger partial charge in [-0.1, -0.05) is 6.07 Å². The summed E-state index contributed by atoms with van der Waals surface area (Å²) in [6, 6.07) is 5.13. The van der Waals surface area contributed by atoms with Crippen molar-refractivity contribution < 1.29 is 4.39 Å². The Morgan fingerprint density at radius 2 is 2.21 bits per heavy atom. The van der Waals surface area contributed by atoms with Crippen molar-refractivity contribution in [3.8, 4) is 0 Å². The quantitative estimate of drug-likeness (QED) is 0.892. The van der Waals surface area contributed by atoms with Gasteiger partial charge >= 0.3 is 0 Å². The summed E-state index contributed by atoms with van der Waals surface area (Å²) in [6.07, 6.45) is 4.32. The molecule has 102 valence electrons. The molecule has 2 rings (SSSR count). The lowest BCUT2D eigenvalue weighted by molar-refractivity contribution is 0.608. The summed E-state index contributed by atoms with van der Waals surface area (Å²) in [4.78, 5) is 2.02. The maximum Gasteiger partial charge on any atom is 0.128 e. The molecule has 0 saturated heterocycles. The third-order valence-corrected chi connectivity index (χ3v) is 3.08. The Kier molecular flexibility index (Phi) is 4.16. The van der Waals surface area contributed by atoms with Crippen LogP contribution in [0.1, 0.15) is 11.1 Å². The van der Waals surface area contributed by atoms with E-state index in [1.54, 1.807) is 10.7 Å². The maximum absolute atomic E-state index is 13.8. The third kappa shape index (κ3) is 3.12. The number of nitrogens with zero attached hydrogens (tertiary/aromatic N) is 3. The maximum atomic E-state index is 13.8. The van der Waals surface area contributed by atoms with Crippen molar-refractivity contribution in [1.82, 2.24) is 9.78 Å². The lowest BCUT2D eigenvalue weighted by Gasteiger charge is -2.22. The van der Waals surface area contributed by atoms with Crippen LogP contribution < -0.4 is 10.6 Å². The van der Waals surface area contributed by atoms with Crippen molar-refractivity contribution in [1.29, 1.82) is 0 Å². The molecule has 2 aromatic rings. The largest absolute Gasteiger partial charge is 0.370 e. The van der Waals surface area contributed by atoms with E-state index in [1.807, 2.05) is 37.5 Å². The average Bonchev–Trinajstić information content (AvgIpc) is 2.77. The molecule has 0 spiro atoms. The van der Waals surface area contributed by atoms with E-state index in [-0.39, 0.29) is 5.82 Å². The molecule has 0 aliphatic heterocycles. The molecular weight excluding hydrogens is 243 g/mol. The smallest absolute Gasteiger partial charge is 0.128 e. The van der Waals surface area contributed by atoms with E-state index in [4.69, 9.17) is 5.73 Å². The molecule has 0 bridgehead atoms. The molecule has 0 saturated carbocycles. The number of hydrogen-bond acceptors (Lipinski definition) is 3. The predicted molar refractivity (Wildman–Crippen MR) is 74.5 cm³/mol. The van der Waals surface area contributed by atoms with Crippen LogP contribution in [0.3, 0.4) is 0 Å². The zero-order chi connectivity index (χ0) is 13.8. The molecular formula is C14H19FN4. The van der Waals surface area contributed by atoms with E-state index in [2.05, 4.69) is 5.10 Å². The highest BCUT2D eigenvalue weighted by molar-refractivity contribution is 5.54. The van der Waals surface area contributed by atoms with Crippen LogP contribution in [-0.2, 0) is 20.0 Å². The van der Waals surface area contributed by atoms with Crippen LogP contribution in [0.15, 0.2) is 30.6 Å². The predicted octanol–water partition coefficient (Wildman–Crippen LogP) is 1.70. The Morgan fingerprint density at radius 1 is 1.42 bits per heavy atom. The molecule has 0 atom stereocenters. The van der Waals surface area contributed by atoms with E-state index in [0.717, 1.165) is 11.3 Å². The molecule has 0 amide bonds. The lowest BCUT2D eigenvalue weighted by Crippen LogP contribution is -2.19. The summed E-state index contributed by atoms with van der Waals surface area (Å²) >= 11 is 0. The van der Waals surface area contributed by atoms with Crippen LogP contribution in [0.25, 0.3) is 0 Å². The minimum absolute atomic E-state index is 0.194. The van der Waals surface area contributed by atoms with Crippen LogP contribution in [0.2, 0.25) is 0 Å². The number of nitrogens with two attached hydrogens (primary N) is 1. The normalized spacial score (nSPS) is 10.7. The Morgan fingerprint density at radius 3 is 2.84 bits per heavy atom. The molecule has 5 heteroatoms. The molecule has 1 heterocycles. The van der Waals surface area contributed by atoms with Gasteiger partial charge in [0.2, 0.25) is 0 Å². The van der Waals surface area contributed by atoms with Gasteiger partial charge in [-0.2, -0.15) is 5.10 Å². The first kappa shape index (κ1) is 13.5. The Labute approximate surface area is 112 Å². The second kappa shape index (κ2) is 5.84. The monoisotopic (exact) mass is 262 g/mol. The zero-order valence-corrected chi connectivity index (χ0v) is 11.3. The Balaban J connectivity index is 2.23. The first-order chi connectivity index (χ1) is 9.11. The molecule has 1 aromatic carbocycles. The van der Waals surface area contributed by atoms with Gasteiger partial charge in [0.1, 0.15) is 5.82 Å². The van der Waals surface area contributed by atoms with E-state index in [0.29, 0.717) is 25.1 Å². The second-order valence-electron chi connectivity index (χ2n) is 4.65. The van der Waals surface area contributed by atoms with Crippen LogP contribution in [0, 0.1) is 5.82 Å². The SMILES string of the molecule is CN(Cc1cnn(C)c1)c1cccc(F)c1CCN. The number of aromatic nitrogens is 2. The highest BCUT2D eigenvalue weighted by atomic mass is 19.1. The molecule has 0 aliphatic carbocycles. The van der Waals surface area contributed by atoms with Gasteiger partial charge in [-0.05, 0) is 25.1 Å². The van der Waals surface area contributed by atoms with Crippen LogP contribution in [0.5, 0.6) is 0 Å². The first-order valence-electron chi connectivity index (χ1n) is 6.28. The topological polar surface area (TPSA) is 47.1 Å². The number of rotatable bonds is 5. The standard InChI is InChI=1S/C14H19FN4/c1-18(9-11-8-17-19(2)10-11)14-5-3-4-13(15)12(14)6-7-16/h3-5,8,10H,6-7,9,16H2,1-2H3. The zero-order valence-electron chi connectivity index (χ0n) is 11.3. The van der Waals surface area contributed by atoms with Crippen molar-refractivity contribution in [2.24, 2.45) is 12.8 Å². The molecule has 0 radical (unpaired) electrons. The minimum Gasteiger partial charge on any atom is -0.370 e. The second-order valence-corrected chi connectivity index (χ2v) is 4.65. The summed E-state index contributed by atoms with van der Waals surface area (Å²) in [5.74, 6) is -0.194. The molecule has 19 heavy (non-hydrogen) atoms. The van der Waals surface area contributed by atoms with Crippen LogP contribution in [0.4, 0.5) is 10.1 Å². The molecule has 2 N–H and O–H groups in total.